The minimum absolute atomic E-state index is 0.102. The predicted octanol–water partition coefficient (Wildman–Crippen LogP) is 1.14. The Labute approximate surface area is 119 Å². The van der Waals surface area contributed by atoms with E-state index in [-0.39, 0.29) is 5.84 Å². The van der Waals surface area contributed by atoms with Crippen molar-refractivity contribution in [3.8, 4) is 0 Å². The van der Waals surface area contributed by atoms with E-state index in [4.69, 9.17) is 20.7 Å². The van der Waals surface area contributed by atoms with Gasteiger partial charge in [0.05, 0.1) is 12.2 Å². The van der Waals surface area contributed by atoms with Crippen LogP contribution in [0, 0.1) is 0 Å². The normalized spacial score (nSPS) is 14.4. The average Bonchev–Trinajstić information content (AvgIpc) is 2.92. The van der Waals surface area contributed by atoms with Gasteiger partial charge < -0.3 is 20.6 Å². The van der Waals surface area contributed by atoms with Crippen molar-refractivity contribution in [3.63, 3.8) is 0 Å². The second-order valence-corrected chi connectivity index (χ2v) is 4.92. The van der Waals surface area contributed by atoms with Crippen LogP contribution >= 0.6 is 0 Å². The van der Waals surface area contributed by atoms with Crippen LogP contribution < -0.4 is 10.6 Å². The molecule has 1 aromatic heterocycles. The molecule has 0 amide bonds. The van der Waals surface area contributed by atoms with E-state index in [2.05, 4.69) is 5.16 Å². The van der Waals surface area contributed by atoms with E-state index in [1.807, 2.05) is 24.9 Å². The summed E-state index contributed by atoms with van der Waals surface area (Å²) in [5.41, 5.74) is 8.80. The maximum absolute atomic E-state index is 8.95. The number of ether oxygens (including phenoxy) is 1. The number of oxime groups is 1. The van der Waals surface area contributed by atoms with Crippen LogP contribution in [0.4, 0.5) is 5.82 Å². The summed E-state index contributed by atoms with van der Waals surface area (Å²) < 4.78 is 5.36. The number of nitrogens with zero attached hydrogens (tertiary/aromatic N) is 3. The lowest BCUT2D eigenvalue weighted by Gasteiger charge is -2.21. The number of hydrogen-bond acceptors (Lipinski definition) is 5. The molecule has 0 fully saturated rings. The Bertz CT molecular complexity index is 502. The number of fused-ring (bicyclic) bond motifs is 1. The Kier molecular flexibility index (Phi) is 4.79. The topological polar surface area (TPSA) is 84.0 Å². The van der Waals surface area contributed by atoms with Gasteiger partial charge in [-0.15, -0.1) is 0 Å². The first-order chi connectivity index (χ1) is 9.67. The van der Waals surface area contributed by atoms with Crippen molar-refractivity contribution in [1.29, 1.82) is 0 Å². The first kappa shape index (κ1) is 14.6. The van der Waals surface area contributed by atoms with Gasteiger partial charge in [0.1, 0.15) is 5.82 Å². The van der Waals surface area contributed by atoms with Crippen molar-refractivity contribution >= 4 is 11.7 Å². The molecule has 0 bridgehead atoms. The van der Waals surface area contributed by atoms with Crippen LogP contribution in [0.2, 0.25) is 0 Å². The molecule has 0 saturated heterocycles. The van der Waals surface area contributed by atoms with Crippen LogP contribution in [0.15, 0.2) is 11.2 Å². The minimum Gasteiger partial charge on any atom is -0.409 e. The highest BCUT2D eigenvalue weighted by Gasteiger charge is 2.20. The van der Waals surface area contributed by atoms with Gasteiger partial charge in [-0.2, -0.15) is 0 Å². The van der Waals surface area contributed by atoms with Crippen LogP contribution in [-0.2, 0) is 17.6 Å². The Balaban J connectivity index is 2.29. The summed E-state index contributed by atoms with van der Waals surface area (Å²) in [4.78, 5) is 6.69. The maximum atomic E-state index is 8.95. The molecule has 20 heavy (non-hydrogen) atoms. The fourth-order valence-electron chi connectivity index (χ4n) is 2.45. The summed E-state index contributed by atoms with van der Waals surface area (Å²) in [6.45, 7) is 4.00. The fourth-order valence-corrected chi connectivity index (χ4v) is 2.45. The van der Waals surface area contributed by atoms with Crippen LogP contribution in [0.1, 0.15) is 30.2 Å². The first-order valence-corrected chi connectivity index (χ1v) is 6.97. The Hall–Kier alpha value is -1.82. The number of nitrogens with two attached hydrogens (primary N) is 1. The van der Waals surface area contributed by atoms with Crippen LogP contribution in [-0.4, -0.2) is 42.8 Å². The second-order valence-electron chi connectivity index (χ2n) is 4.92. The molecule has 1 aliphatic rings. The van der Waals surface area contributed by atoms with E-state index < -0.39 is 0 Å². The quantitative estimate of drug-likeness (QED) is 0.268. The Morgan fingerprint density at radius 3 is 3.05 bits per heavy atom. The number of rotatable bonds is 6. The smallest absolute Gasteiger partial charge is 0.173 e. The van der Waals surface area contributed by atoms with Crippen molar-refractivity contribution in [3.05, 3.63) is 22.9 Å². The third-order valence-corrected chi connectivity index (χ3v) is 3.55. The molecule has 1 aromatic rings. The third-order valence-electron chi connectivity index (χ3n) is 3.55. The van der Waals surface area contributed by atoms with Crippen LogP contribution in [0.3, 0.4) is 0 Å². The van der Waals surface area contributed by atoms with Gasteiger partial charge >= 0.3 is 0 Å². The molecule has 0 saturated carbocycles. The van der Waals surface area contributed by atoms with Gasteiger partial charge in [-0.1, -0.05) is 5.16 Å². The lowest BCUT2D eigenvalue weighted by Crippen LogP contribution is -2.28. The van der Waals surface area contributed by atoms with Gasteiger partial charge in [0.2, 0.25) is 0 Å². The van der Waals surface area contributed by atoms with Crippen molar-refractivity contribution in [1.82, 2.24) is 4.98 Å². The molecule has 0 radical (unpaired) electrons. The molecule has 0 aliphatic heterocycles. The molecule has 6 heteroatoms. The van der Waals surface area contributed by atoms with E-state index in [9.17, 15) is 0 Å². The fraction of sp³-hybridized carbons (Fsp3) is 0.571. The predicted molar refractivity (Wildman–Crippen MR) is 78.5 cm³/mol. The number of aryl methyl sites for hydroxylation is 2. The van der Waals surface area contributed by atoms with Crippen molar-refractivity contribution < 1.29 is 9.94 Å². The van der Waals surface area contributed by atoms with Crippen molar-refractivity contribution in [2.75, 3.05) is 31.7 Å². The minimum atomic E-state index is 0.102. The lowest BCUT2D eigenvalue weighted by atomic mass is 10.1. The van der Waals surface area contributed by atoms with E-state index in [0.717, 1.165) is 30.8 Å². The number of aromatic nitrogens is 1. The average molecular weight is 278 g/mol. The summed E-state index contributed by atoms with van der Waals surface area (Å²) in [5, 5.41) is 12.1. The summed E-state index contributed by atoms with van der Waals surface area (Å²) >= 11 is 0. The SMILES string of the molecule is CCOCCN(C)c1nc2c(cc1C(N)=NO)CCC2. The molecule has 0 aromatic carbocycles. The zero-order chi connectivity index (χ0) is 14.5. The van der Waals surface area contributed by atoms with Crippen molar-refractivity contribution in [2.45, 2.75) is 26.2 Å². The highest BCUT2D eigenvalue weighted by atomic mass is 16.5. The van der Waals surface area contributed by atoms with E-state index in [1.54, 1.807) is 0 Å². The Morgan fingerprint density at radius 1 is 1.55 bits per heavy atom. The maximum Gasteiger partial charge on any atom is 0.173 e. The summed E-state index contributed by atoms with van der Waals surface area (Å²) in [5.74, 6) is 0.853. The number of pyridine rings is 1. The molecular weight excluding hydrogens is 256 g/mol. The van der Waals surface area contributed by atoms with Crippen LogP contribution in [0.25, 0.3) is 0 Å². The highest BCUT2D eigenvalue weighted by Crippen LogP contribution is 2.26. The monoisotopic (exact) mass is 278 g/mol. The van der Waals surface area contributed by atoms with E-state index in [0.29, 0.717) is 25.3 Å². The molecule has 3 N–H and O–H groups in total. The molecule has 110 valence electrons. The van der Waals surface area contributed by atoms with Gasteiger partial charge in [-0.25, -0.2) is 4.98 Å². The summed E-state index contributed by atoms with van der Waals surface area (Å²) in [7, 11) is 1.94. The molecular formula is C14H22N4O2. The van der Waals surface area contributed by atoms with Gasteiger partial charge in [0.15, 0.2) is 5.84 Å². The van der Waals surface area contributed by atoms with E-state index >= 15 is 0 Å². The summed E-state index contributed by atoms with van der Waals surface area (Å²) in [6.07, 6.45) is 3.12. The van der Waals surface area contributed by atoms with E-state index in [1.165, 1.54) is 5.56 Å². The number of amidine groups is 1. The second kappa shape index (κ2) is 6.56. The molecule has 0 spiro atoms. The lowest BCUT2D eigenvalue weighted by molar-refractivity contribution is 0.154. The largest absolute Gasteiger partial charge is 0.409 e. The van der Waals surface area contributed by atoms with Gasteiger partial charge in [-0.3, -0.25) is 0 Å². The molecule has 1 heterocycles. The number of hydrogen-bond donors (Lipinski definition) is 2. The highest BCUT2D eigenvalue weighted by molar-refractivity contribution is 6.01. The molecule has 6 nitrogen and oxygen atoms in total. The van der Waals surface area contributed by atoms with Gasteiger partial charge in [-0.05, 0) is 37.8 Å². The standard InChI is InChI=1S/C14H22N4O2/c1-3-20-8-7-18(2)14-11(13(15)17-19)9-10-5-4-6-12(10)16-14/h9,19H,3-8H2,1-2H3,(H2,15,17). The zero-order valence-electron chi connectivity index (χ0n) is 12.1. The van der Waals surface area contributed by atoms with Crippen LogP contribution in [0.5, 0.6) is 0 Å². The van der Waals surface area contributed by atoms with Gasteiger partial charge in [0.25, 0.3) is 0 Å². The molecule has 0 atom stereocenters. The number of likely N-dealkylation sites (N-methyl/N-ethyl adjacent to an activating group) is 1. The van der Waals surface area contributed by atoms with Gasteiger partial charge in [0, 0.05) is 25.9 Å². The number of anilines is 1. The third kappa shape index (κ3) is 3.01. The molecule has 0 unspecified atom stereocenters. The molecule has 1 aliphatic carbocycles. The Morgan fingerprint density at radius 2 is 2.35 bits per heavy atom. The first-order valence-electron chi connectivity index (χ1n) is 6.97. The molecule has 2 rings (SSSR count). The summed E-state index contributed by atoms with van der Waals surface area (Å²) in [6, 6.07) is 2.00. The zero-order valence-corrected chi connectivity index (χ0v) is 12.1. The van der Waals surface area contributed by atoms with Crippen molar-refractivity contribution in [2.24, 2.45) is 10.9 Å².